The van der Waals surface area contributed by atoms with Crippen molar-refractivity contribution < 1.29 is 19.3 Å². The first-order valence-electron chi connectivity index (χ1n) is 10.1. The Morgan fingerprint density at radius 3 is 2.29 bits per heavy atom. The summed E-state index contributed by atoms with van der Waals surface area (Å²) in [5.41, 5.74) is 2.03. The standard InChI is InChI=1S/C23H30FNO3/c1-2-17-3-9-22(10-4-17)28-16-21(26)15-25-13-11-19(12-14-25)23(27)18-5-7-20(24)8-6-18/h3-10,19,21,23,26-27H,2,11-16H2,1H3. The Morgan fingerprint density at radius 2 is 1.68 bits per heavy atom. The highest BCUT2D eigenvalue weighted by atomic mass is 19.1. The molecule has 152 valence electrons. The topological polar surface area (TPSA) is 52.9 Å². The number of hydrogen-bond donors (Lipinski definition) is 2. The lowest BCUT2D eigenvalue weighted by molar-refractivity contribution is 0.0278. The minimum absolute atomic E-state index is 0.159. The van der Waals surface area contributed by atoms with Gasteiger partial charge in [0.25, 0.3) is 0 Å². The minimum atomic E-state index is -0.568. The van der Waals surface area contributed by atoms with Crippen LogP contribution in [0.1, 0.15) is 37.0 Å². The minimum Gasteiger partial charge on any atom is -0.491 e. The van der Waals surface area contributed by atoms with Gasteiger partial charge in [0.15, 0.2) is 0 Å². The van der Waals surface area contributed by atoms with Crippen LogP contribution in [-0.2, 0) is 6.42 Å². The van der Waals surface area contributed by atoms with Crippen molar-refractivity contribution in [3.63, 3.8) is 0 Å². The highest BCUT2D eigenvalue weighted by Gasteiger charge is 2.27. The molecule has 0 amide bonds. The second-order valence-corrected chi connectivity index (χ2v) is 7.60. The van der Waals surface area contributed by atoms with E-state index in [1.807, 2.05) is 24.3 Å². The number of aryl methyl sites for hydroxylation is 1. The van der Waals surface area contributed by atoms with E-state index in [1.54, 1.807) is 12.1 Å². The lowest BCUT2D eigenvalue weighted by atomic mass is 9.87. The van der Waals surface area contributed by atoms with Crippen LogP contribution in [0.25, 0.3) is 0 Å². The SMILES string of the molecule is CCc1ccc(OCC(O)CN2CCC(C(O)c3ccc(F)cc3)CC2)cc1. The van der Waals surface area contributed by atoms with E-state index in [9.17, 15) is 14.6 Å². The number of rotatable bonds is 8. The molecule has 0 aromatic heterocycles. The van der Waals surface area contributed by atoms with Gasteiger partial charge in [-0.05, 0) is 73.7 Å². The van der Waals surface area contributed by atoms with E-state index in [-0.39, 0.29) is 18.3 Å². The summed E-state index contributed by atoms with van der Waals surface area (Å²) in [6.07, 6.45) is 1.58. The van der Waals surface area contributed by atoms with Gasteiger partial charge in [-0.3, -0.25) is 0 Å². The third-order valence-electron chi connectivity index (χ3n) is 5.53. The van der Waals surface area contributed by atoms with Gasteiger partial charge in [0.2, 0.25) is 0 Å². The molecule has 2 unspecified atom stereocenters. The second-order valence-electron chi connectivity index (χ2n) is 7.60. The maximum atomic E-state index is 13.0. The summed E-state index contributed by atoms with van der Waals surface area (Å²) >= 11 is 0. The van der Waals surface area contributed by atoms with Crippen LogP contribution in [0.4, 0.5) is 4.39 Å². The maximum Gasteiger partial charge on any atom is 0.123 e. The summed E-state index contributed by atoms with van der Waals surface area (Å²) in [5, 5.41) is 20.8. The fraction of sp³-hybridized carbons (Fsp3) is 0.478. The van der Waals surface area contributed by atoms with Gasteiger partial charge in [-0.1, -0.05) is 31.2 Å². The van der Waals surface area contributed by atoms with Crippen molar-refractivity contribution in [2.45, 2.75) is 38.4 Å². The fourth-order valence-electron chi connectivity index (χ4n) is 3.75. The molecule has 1 saturated heterocycles. The number of benzene rings is 2. The summed E-state index contributed by atoms with van der Waals surface area (Å²) in [7, 11) is 0. The molecule has 2 N–H and O–H groups in total. The van der Waals surface area contributed by atoms with Crippen LogP contribution in [0.3, 0.4) is 0 Å². The average Bonchev–Trinajstić information content (AvgIpc) is 2.73. The Balaban J connectivity index is 1.40. The zero-order chi connectivity index (χ0) is 19.9. The molecule has 1 aliphatic heterocycles. The van der Waals surface area contributed by atoms with Crippen molar-refractivity contribution in [3.05, 3.63) is 65.5 Å². The summed E-state index contributed by atoms with van der Waals surface area (Å²) in [5.74, 6) is 0.646. The molecule has 1 aliphatic rings. The molecule has 2 aromatic rings. The van der Waals surface area contributed by atoms with Crippen LogP contribution in [0.5, 0.6) is 5.75 Å². The molecular weight excluding hydrogens is 357 g/mol. The monoisotopic (exact) mass is 387 g/mol. The van der Waals surface area contributed by atoms with Crippen molar-refractivity contribution in [1.29, 1.82) is 0 Å². The lowest BCUT2D eigenvalue weighted by Gasteiger charge is -2.35. The first-order valence-corrected chi connectivity index (χ1v) is 10.1. The third kappa shape index (κ3) is 5.77. The van der Waals surface area contributed by atoms with Gasteiger partial charge >= 0.3 is 0 Å². The highest BCUT2D eigenvalue weighted by molar-refractivity contribution is 5.27. The van der Waals surface area contributed by atoms with Gasteiger partial charge in [-0.15, -0.1) is 0 Å². The Bertz CT molecular complexity index is 712. The normalized spacial score (nSPS) is 18.0. The molecule has 0 aliphatic carbocycles. The number of β-amino-alcohol motifs (C(OH)–C–C–N with tert-alkyl or cyclic N) is 1. The van der Waals surface area contributed by atoms with Gasteiger partial charge in [0, 0.05) is 6.54 Å². The predicted octanol–water partition coefficient (Wildman–Crippen LogP) is 3.57. The Labute approximate surface area is 166 Å². The second kappa shape index (κ2) is 10.0. The molecule has 3 rings (SSSR count). The summed E-state index contributed by atoms with van der Waals surface area (Å²) < 4.78 is 18.7. The number of nitrogens with zero attached hydrogens (tertiary/aromatic N) is 1. The average molecular weight is 387 g/mol. The largest absolute Gasteiger partial charge is 0.491 e. The van der Waals surface area contributed by atoms with Crippen LogP contribution in [0.2, 0.25) is 0 Å². The summed E-state index contributed by atoms with van der Waals surface area (Å²) in [6, 6.07) is 14.0. The number of hydrogen-bond acceptors (Lipinski definition) is 4. The van der Waals surface area contributed by atoms with Crippen LogP contribution in [0.15, 0.2) is 48.5 Å². The highest BCUT2D eigenvalue weighted by Crippen LogP contribution is 2.30. The number of likely N-dealkylation sites (tertiary alicyclic amines) is 1. The van der Waals surface area contributed by atoms with E-state index >= 15 is 0 Å². The number of aliphatic hydroxyl groups excluding tert-OH is 2. The molecule has 5 heteroatoms. The number of halogens is 1. The van der Waals surface area contributed by atoms with Gasteiger partial charge in [0.05, 0.1) is 6.10 Å². The maximum absolute atomic E-state index is 13.0. The Morgan fingerprint density at radius 1 is 1.04 bits per heavy atom. The van der Waals surface area contributed by atoms with Crippen LogP contribution in [0, 0.1) is 11.7 Å². The summed E-state index contributed by atoms with van der Waals surface area (Å²) in [6.45, 7) is 4.59. The molecule has 0 saturated carbocycles. The molecule has 4 nitrogen and oxygen atoms in total. The molecule has 0 radical (unpaired) electrons. The first kappa shape index (κ1) is 20.8. The van der Waals surface area contributed by atoms with Crippen molar-refractivity contribution in [1.82, 2.24) is 4.90 Å². The van der Waals surface area contributed by atoms with Crippen molar-refractivity contribution in [3.8, 4) is 5.75 Å². The van der Waals surface area contributed by atoms with E-state index in [2.05, 4.69) is 11.8 Å². The van der Waals surface area contributed by atoms with Gasteiger partial charge < -0.3 is 19.8 Å². The lowest BCUT2D eigenvalue weighted by Crippen LogP contribution is -2.41. The van der Waals surface area contributed by atoms with E-state index in [4.69, 9.17) is 4.74 Å². The smallest absolute Gasteiger partial charge is 0.123 e. The molecule has 1 fully saturated rings. The van der Waals surface area contributed by atoms with Gasteiger partial charge in [-0.2, -0.15) is 0 Å². The molecular formula is C23H30FNO3. The van der Waals surface area contributed by atoms with Gasteiger partial charge in [0.1, 0.15) is 24.3 Å². The molecule has 2 atom stereocenters. The molecule has 1 heterocycles. The van der Waals surface area contributed by atoms with E-state index in [0.717, 1.165) is 43.7 Å². The van der Waals surface area contributed by atoms with Crippen molar-refractivity contribution in [2.75, 3.05) is 26.2 Å². The van der Waals surface area contributed by atoms with Crippen molar-refractivity contribution >= 4 is 0 Å². The quantitative estimate of drug-likeness (QED) is 0.727. The zero-order valence-corrected chi connectivity index (χ0v) is 16.4. The molecule has 0 bridgehead atoms. The molecule has 0 spiro atoms. The van der Waals surface area contributed by atoms with E-state index < -0.39 is 12.2 Å². The van der Waals surface area contributed by atoms with Gasteiger partial charge in [-0.25, -0.2) is 4.39 Å². The third-order valence-corrected chi connectivity index (χ3v) is 5.53. The molecule has 28 heavy (non-hydrogen) atoms. The Hall–Kier alpha value is -1.95. The number of piperidine rings is 1. The van der Waals surface area contributed by atoms with E-state index in [1.165, 1.54) is 17.7 Å². The van der Waals surface area contributed by atoms with E-state index in [0.29, 0.717) is 6.54 Å². The van der Waals surface area contributed by atoms with Crippen molar-refractivity contribution in [2.24, 2.45) is 5.92 Å². The Kier molecular flexibility index (Phi) is 7.43. The summed E-state index contributed by atoms with van der Waals surface area (Å²) in [4.78, 5) is 2.21. The number of aliphatic hydroxyl groups is 2. The fourth-order valence-corrected chi connectivity index (χ4v) is 3.75. The van der Waals surface area contributed by atoms with Crippen LogP contribution in [-0.4, -0.2) is 47.5 Å². The zero-order valence-electron chi connectivity index (χ0n) is 16.4. The predicted molar refractivity (Wildman–Crippen MR) is 108 cm³/mol. The number of ether oxygens (including phenoxy) is 1. The van der Waals surface area contributed by atoms with Crippen LogP contribution >= 0.6 is 0 Å². The molecule has 2 aromatic carbocycles. The first-order chi connectivity index (χ1) is 13.5. The van der Waals surface area contributed by atoms with Crippen LogP contribution < -0.4 is 4.74 Å².